The maximum absolute atomic E-state index is 13.6. The molecule has 0 atom stereocenters. The molecule has 0 aliphatic heterocycles. The minimum Gasteiger partial charge on any atom is -0.339 e. The first-order valence-corrected chi connectivity index (χ1v) is 7.32. The highest BCUT2D eigenvalue weighted by atomic mass is 19.1. The summed E-state index contributed by atoms with van der Waals surface area (Å²) >= 11 is 0. The summed E-state index contributed by atoms with van der Waals surface area (Å²) in [5.74, 6) is 0.387. The van der Waals surface area contributed by atoms with Gasteiger partial charge in [-0.15, -0.1) is 5.10 Å². The number of halogens is 1. The number of hydrogen-bond acceptors (Lipinski definition) is 5. The summed E-state index contributed by atoms with van der Waals surface area (Å²) in [5, 5.41) is 13.7. The van der Waals surface area contributed by atoms with E-state index in [9.17, 15) is 4.39 Å². The molecule has 116 valence electrons. The lowest BCUT2D eigenvalue weighted by atomic mass is 10.1. The molecule has 0 saturated carbocycles. The molecule has 2 N–H and O–H groups in total. The molecule has 3 rings (SSSR count). The van der Waals surface area contributed by atoms with Crippen molar-refractivity contribution in [3.63, 3.8) is 0 Å². The summed E-state index contributed by atoms with van der Waals surface area (Å²) in [6.45, 7) is 2.11. The fraction of sp³-hybridized carbons (Fsp3) is 0.118. The topological polar surface area (TPSA) is 62.7 Å². The number of para-hydroxylation sites is 1. The molecule has 3 aromatic rings. The molecule has 6 heteroatoms. The van der Waals surface area contributed by atoms with Crippen LogP contribution in [0.15, 0.2) is 54.7 Å². The molecule has 1 heterocycles. The van der Waals surface area contributed by atoms with Crippen molar-refractivity contribution < 1.29 is 4.39 Å². The lowest BCUT2D eigenvalue weighted by Gasteiger charge is -2.08. The Bertz CT molecular complexity index is 789. The van der Waals surface area contributed by atoms with E-state index in [0.717, 1.165) is 12.1 Å². The van der Waals surface area contributed by atoms with E-state index < -0.39 is 0 Å². The second-order valence-electron chi connectivity index (χ2n) is 4.95. The van der Waals surface area contributed by atoms with Gasteiger partial charge in [-0.2, -0.15) is 10.1 Å². The highest BCUT2D eigenvalue weighted by Crippen LogP contribution is 2.19. The predicted molar refractivity (Wildman–Crippen MR) is 88.6 cm³/mol. The van der Waals surface area contributed by atoms with Crippen molar-refractivity contribution in [2.75, 3.05) is 10.6 Å². The van der Waals surface area contributed by atoms with Crippen molar-refractivity contribution in [1.29, 1.82) is 0 Å². The van der Waals surface area contributed by atoms with Crippen molar-refractivity contribution in [3.8, 4) is 0 Å². The van der Waals surface area contributed by atoms with Gasteiger partial charge in [-0.3, -0.25) is 0 Å². The van der Waals surface area contributed by atoms with E-state index in [2.05, 4.69) is 44.9 Å². The second-order valence-corrected chi connectivity index (χ2v) is 4.95. The Labute approximate surface area is 133 Å². The van der Waals surface area contributed by atoms with Crippen LogP contribution >= 0.6 is 0 Å². The Balaban J connectivity index is 1.75. The lowest BCUT2D eigenvalue weighted by molar-refractivity contribution is 0.631. The average molecular weight is 309 g/mol. The summed E-state index contributed by atoms with van der Waals surface area (Å²) in [4.78, 5) is 4.28. The second kappa shape index (κ2) is 6.83. The largest absolute Gasteiger partial charge is 0.339 e. The van der Waals surface area contributed by atoms with E-state index in [0.29, 0.717) is 11.5 Å². The minimum absolute atomic E-state index is 0.227. The molecule has 0 bridgehead atoms. The van der Waals surface area contributed by atoms with Gasteiger partial charge >= 0.3 is 0 Å². The third kappa shape index (κ3) is 3.79. The van der Waals surface area contributed by atoms with E-state index in [1.165, 1.54) is 17.8 Å². The first-order chi connectivity index (χ1) is 11.2. The number of benzene rings is 2. The Morgan fingerprint density at radius 2 is 1.78 bits per heavy atom. The van der Waals surface area contributed by atoms with Gasteiger partial charge < -0.3 is 10.6 Å². The van der Waals surface area contributed by atoms with Gasteiger partial charge in [-0.25, -0.2) is 4.39 Å². The third-order valence-corrected chi connectivity index (χ3v) is 3.31. The van der Waals surface area contributed by atoms with Crippen molar-refractivity contribution in [2.24, 2.45) is 0 Å². The number of anilines is 4. The van der Waals surface area contributed by atoms with Crippen molar-refractivity contribution in [1.82, 2.24) is 15.2 Å². The SMILES string of the molecule is CCc1ccc(Nc2cnnc(Nc3ccccc3F)n2)cc1. The van der Waals surface area contributed by atoms with Gasteiger partial charge in [-0.1, -0.05) is 31.2 Å². The van der Waals surface area contributed by atoms with Gasteiger partial charge in [0, 0.05) is 5.69 Å². The Hall–Kier alpha value is -3.02. The maximum Gasteiger partial charge on any atom is 0.249 e. The summed E-state index contributed by atoms with van der Waals surface area (Å²) < 4.78 is 13.6. The van der Waals surface area contributed by atoms with Gasteiger partial charge in [0.05, 0.1) is 11.9 Å². The van der Waals surface area contributed by atoms with E-state index in [-0.39, 0.29) is 11.8 Å². The number of nitrogens with one attached hydrogen (secondary N) is 2. The van der Waals surface area contributed by atoms with Crippen molar-refractivity contribution >= 4 is 23.1 Å². The molecule has 2 aromatic carbocycles. The monoisotopic (exact) mass is 309 g/mol. The summed E-state index contributed by atoms with van der Waals surface area (Å²) in [6, 6.07) is 14.4. The van der Waals surface area contributed by atoms with Crippen LogP contribution in [-0.2, 0) is 6.42 Å². The molecule has 0 amide bonds. The number of hydrogen-bond donors (Lipinski definition) is 2. The van der Waals surface area contributed by atoms with Crippen LogP contribution in [0.25, 0.3) is 0 Å². The number of aromatic nitrogens is 3. The van der Waals surface area contributed by atoms with Gasteiger partial charge in [-0.05, 0) is 36.2 Å². The zero-order valence-corrected chi connectivity index (χ0v) is 12.6. The van der Waals surface area contributed by atoms with E-state index in [1.807, 2.05) is 12.1 Å². The average Bonchev–Trinajstić information content (AvgIpc) is 2.58. The standard InChI is InChI=1S/C17H16FN5/c1-2-12-7-9-13(10-8-12)20-16-11-19-23-17(22-16)21-15-6-4-3-5-14(15)18/h3-11H,2H2,1H3,(H2,20,21,22,23). The Morgan fingerprint density at radius 1 is 1.00 bits per heavy atom. The van der Waals surface area contributed by atoms with Crippen LogP contribution in [0.3, 0.4) is 0 Å². The molecule has 0 unspecified atom stereocenters. The van der Waals surface area contributed by atoms with Crippen LogP contribution in [0, 0.1) is 5.82 Å². The number of aryl methyl sites for hydroxylation is 1. The van der Waals surface area contributed by atoms with Crippen LogP contribution in [-0.4, -0.2) is 15.2 Å². The molecule has 0 radical (unpaired) electrons. The van der Waals surface area contributed by atoms with Crippen LogP contribution in [0.2, 0.25) is 0 Å². The Kier molecular flexibility index (Phi) is 4.42. The Morgan fingerprint density at radius 3 is 2.52 bits per heavy atom. The third-order valence-electron chi connectivity index (χ3n) is 3.31. The zero-order valence-electron chi connectivity index (χ0n) is 12.6. The highest BCUT2D eigenvalue weighted by Gasteiger charge is 2.05. The normalized spacial score (nSPS) is 10.3. The van der Waals surface area contributed by atoms with Crippen LogP contribution in [0.4, 0.5) is 27.5 Å². The van der Waals surface area contributed by atoms with Gasteiger partial charge in [0.25, 0.3) is 0 Å². The minimum atomic E-state index is -0.371. The van der Waals surface area contributed by atoms with Crippen LogP contribution < -0.4 is 10.6 Å². The molecule has 0 aliphatic rings. The van der Waals surface area contributed by atoms with Crippen LogP contribution in [0.1, 0.15) is 12.5 Å². The molecule has 0 fully saturated rings. The molecule has 5 nitrogen and oxygen atoms in total. The van der Waals surface area contributed by atoms with Crippen molar-refractivity contribution in [2.45, 2.75) is 13.3 Å². The quantitative estimate of drug-likeness (QED) is 0.744. The van der Waals surface area contributed by atoms with E-state index >= 15 is 0 Å². The van der Waals surface area contributed by atoms with Crippen molar-refractivity contribution in [3.05, 3.63) is 66.1 Å². The van der Waals surface area contributed by atoms with Crippen LogP contribution in [0.5, 0.6) is 0 Å². The zero-order chi connectivity index (χ0) is 16.1. The highest BCUT2D eigenvalue weighted by molar-refractivity contribution is 5.59. The summed E-state index contributed by atoms with van der Waals surface area (Å²) in [7, 11) is 0. The molecule has 1 aromatic heterocycles. The lowest BCUT2D eigenvalue weighted by Crippen LogP contribution is -2.03. The fourth-order valence-corrected chi connectivity index (χ4v) is 2.07. The first-order valence-electron chi connectivity index (χ1n) is 7.32. The molecule has 0 aliphatic carbocycles. The number of rotatable bonds is 5. The fourth-order valence-electron chi connectivity index (χ4n) is 2.07. The molecule has 0 spiro atoms. The molecule has 23 heavy (non-hydrogen) atoms. The van der Waals surface area contributed by atoms with Gasteiger partial charge in [0.1, 0.15) is 5.82 Å². The van der Waals surface area contributed by atoms with E-state index in [1.54, 1.807) is 18.2 Å². The first kappa shape index (κ1) is 14.9. The van der Waals surface area contributed by atoms with Gasteiger partial charge in [0.15, 0.2) is 5.82 Å². The summed E-state index contributed by atoms with van der Waals surface area (Å²) in [5.41, 5.74) is 2.47. The summed E-state index contributed by atoms with van der Waals surface area (Å²) in [6.07, 6.45) is 2.51. The molecular weight excluding hydrogens is 293 g/mol. The predicted octanol–water partition coefficient (Wildman–Crippen LogP) is 4.06. The maximum atomic E-state index is 13.6. The molecule has 0 saturated heterocycles. The van der Waals surface area contributed by atoms with E-state index in [4.69, 9.17) is 0 Å². The number of nitrogens with zero attached hydrogens (tertiary/aromatic N) is 3. The van der Waals surface area contributed by atoms with Gasteiger partial charge in [0.2, 0.25) is 5.95 Å². The molecular formula is C17H16FN5. The smallest absolute Gasteiger partial charge is 0.249 e.